The van der Waals surface area contributed by atoms with Gasteiger partial charge in [0.05, 0.1) is 7.82 Å². The maximum Gasteiger partial charge on any atom is 1.00 e. The van der Waals surface area contributed by atoms with Crippen molar-refractivity contribution in [2.45, 2.75) is 0 Å². The summed E-state index contributed by atoms with van der Waals surface area (Å²) >= 11 is 0. The summed E-state index contributed by atoms with van der Waals surface area (Å²) in [6, 6.07) is 0. The average Bonchev–Trinajstić information content (AvgIpc) is 0.722. The number of phosphoric acid groups is 1. The molecule has 0 aromatic heterocycles. The van der Waals surface area contributed by atoms with E-state index in [0.717, 1.165) is 0 Å². The molecule has 4 nitrogen and oxygen atoms in total. The van der Waals surface area contributed by atoms with Crippen molar-refractivity contribution in [3.63, 3.8) is 0 Å². The SMILES string of the molecule is O=P([O-])([O-])O.[I-].[Na+].[Na+].[Na+]. The Labute approximate surface area is 137 Å². The molecule has 0 aliphatic carbocycles. The fourth-order valence-electron chi connectivity index (χ4n) is 0. The Kier molecular flexibility index (Phi) is 46.8. The number of rotatable bonds is 0. The van der Waals surface area contributed by atoms with Crippen molar-refractivity contribution >= 4 is 7.82 Å². The summed E-state index contributed by atoms with van der Waals surface area (Å²) in [5.74, 6) is 0. The fraction of sp³-hybridized carbons (Fsp3) is 0. The third-order valence-electron chi connectivity index (χ3n) is 0. The van der Waals surface area contributed by atoms with Gasteiger partial charge >= 0.3 is 88.7 Å². The second-order valence-electron chi connectivity index (χ2n) is 0.469. The van der Waals surface area contributed by atoms with Gasteiger partial charge in [0.2, 0.25) is 0 Å². The Balaban J connectivity index is -0.0000000133. The van der Waals surface area contributed by atoms with Crippen LogP contribution in [0.15, 0.2) is 0 Å². The van der Waals surface area contributed by atoms with Gasteiger partial charge in [-0.2, -0.15) is 0 Å². The average molecular weight is 292 g/mol. The number of hydrogen-bond donors (Lipinski definition) is 1. The maximum absolute atomic E-state index is 8.66. The third kappa shape index (κ3) is 77.7. The van der Waals surface area contributed by atoms with E-state index in [4.69, 9.17) is 19.2 Å². The molecule has 0 aromatic rings. The molecule has 0 radical (unpaired) electrons. The van der Waals surface area contributed by atoms with Crippen molar-refractivity contribution in [1.82, 2.24) is 0 Å². The minimum absolute atomic E-state index is 0. The molecule has 0 heterocycles. The van der Waals surface area contributed by atoms with Crippen molar-refractivity contribution in [2.75, 3.05) is 0 Å². The maximum atomic E-state index is 8.66. The van der Waals surface area contributed by atoms with E-state index in [1.54, 1.807) is 0 Å². The predicted molar refractivity (Wildman–Crippen MR) is 9.83 cm³/mol. The molecular weight excluding hydrogens is 291 g/mol. The first-order chi connectivity index (χ1) is 2.00. The summed E-state index contributed by atoms with van der Waals surface area (Å²) in [4.78, 5) is 24.3. The van der Waals surface area contributed by atoms with E-state index >= 15 is 0 Å². The summed E-state index contributed by atoms with van der Waals surface area (Å²) in [5, 5.41) is 0. The van der Waals surface area contributed by atoms with Gasteiger partial charge < -0.3 is 43.2 Å². The van der Waals surface area contributed by atoms with Gasteiger partial charge in [0, 0.05) is 0 Å². The van der Waals surface area contributed by atoms with Crippen LogP contribution < -0.4 is 122 Å². The molecule has 0 atom stereocenters. The van der Waals surface area contributed by atoms with E-state index in [1.807, 2.05) is 0 Å². The zero-order valence-electron chi connectivity index (χ0n) is 5.50. The minimum atomic E-state index is -5.14. The standard InChI is InChI=1S/HI.3Na.H3O4P/c;;;;1-5(2,3)4/h1H;;;;(H3,1,2,3,4)/q;3*+1;/p-3. The molecule has 0 rings (SSSR count). The molecule has 40 valence electrons. The van der Waals surface area contributed by atoms with Gasteiger partial charge in [0.1, 0.15) is 0 Å². The van der Waals surface area contributed by atoms with Gasteiger partial charge in [0.25, 0.3) is 0 Å². The fourth-order valence-corrected chi connectivity index (χ4v) is 0. The molecule has 0 spiro atoms. The molecule has 0 aliphatic rings. The first kappa shape index (κ1) is 29.3. The van der Waals surface area contributed by atoms with Gasteiger partial charge in [-0.1, -0.05) is 0 Å². The molecule has 0 fully saturated rings. The van der Waals surface area contributed by atoms with Crippen LogP contribution in [0.5, 0.6) is 0 Å². The molecular formula is HINa3O4P. The van der Waals surface area contributed by atoms with E-state index in [1.165, 1.54) is 0 Å². The van der Waals surface area contributed by atoms with Crippen LogP contribution in [0.3, 0.4) is 0 Å². The molecule has 9 heavy (non-hydrogen) atoms. The second-order valence-corrected chi connectivity index (χ2v) is 1.41. The van der Waals surface area contributed by atoms with E-state index < -0.39 is 7.82 Å². The zero-order chi connectivity index (χ0) is 4.50. The van der Waals surface area contributed by atoms with Crippen LogP contribution >= 0.6 is 7.82 Å². The largest absolute Gasteiger partial charge is 1.00 e. The summed E-state index contributed by atoms with van der Waals surface area (Å²) in [6.07, 6.45) is 0. The van der Waals surface area contributed by atoms with Crippen molar-refractivity contribution in [1.29, 1.82) is 0 Å². The Morgan fingerprint density at radius 1 is 1.11 bits per heavy atom. The summed E-state index contributed by atoms with van der Waals surface area (Å²) in [6.45, 7) is 0. The summed E-state index contributed by atoms with van der Waals surface area (Å²) in [5.41, 5.74) is 0. The van der Waals surface area contributed by atoms with E-state index in [9.17, 15) is 0 Å². The summed E-state index contributed by atoms with van der Waals surface area (Å²) in [7, 11) is -5.14. The van der Waals surface area contributed by atoms with Gasteiger partial charge in [-0.3, -0.25) is 0 Å². The van der Waals surface area contributed by atoms with Crippen LogP contribution in [0.1, 0.15) is 0 Å². The molecule has 0 aromatic carbocycles. The van der Waals surface area contributed by atoms with Crippen LogP contribution in [0.4, 0.5) is 0 Å². The first-order valence-corrected chi connectivity index (χ1v) is 2.24. The molecule has 0 aliphatic heterocycles. The number of halogens is 1. The Hall–Kier alpha value is 3.84. The van der Waals surface area contributed by atoms with E-state index in [2.05, 4.69) is 0 Å². The van der Waals surface area contributed by atoms with E-state index in [0.29, 0.717) is 0 Å². The molecule has 0 saturated carbocycles. The van der Waals surface area contributed by atoms with Crippen LogP contribution in [-0.4, -0.2) is 4.89 Å². The third-order valence-corrected chi connectivity index (χ3v) is 0. The van der Waals surface area contributed by atoms with Crippen LogP contribution in [-0.2, 0) is 4.57 Å². The molecule has 0 bridgehead atoms. The molecule has 0 saturated heterocycles. The van der Waals surface area contributed by atoms with Crippen molar-refractivity contribution in [2.24, 2.45) is 0 Å². The van der Waals surface area contributed by atoms with Gasteiger partial charge in [-0.25, -0.2) is 0 Å². The monoisotopic (exact) mass is 292 g/mol. The molecule has 9 heteroatoms. The Morgan fingerprint density at radius 3 is 1.11 bits per heavy atom. The van der Waals surface area contributed by atoms with Crippen molar-refractivity contribution in [3.8, 4) is 0 Å². The quantitative estimate of drug-likeness (QED) is 0.273. The summed E-state index contributed by atoms with van der Waals surface area (Å²) < 4.78 is 8.66. The van der Waals surface area contributed by atoms with Gasteiger partial charge in [0.15, 0.2) is 0 Å². The topological polar surface area (TPSA) is 83.4 Å². The van der Waals surface area contributed by atoms with Gasteiger partial charge in [-0.15, -0.1) is 0 Å². The molecule has 0 unspecified atom stereocenters. The Morgan fingerprint density at radius 2 is 1.11 bits per heavy atom. The van der Waals surface area contributed by atoms with Crippen molar-refractivity contribution in [3.05, 3.63) is 0 Å². The van der Waals surface area contributed by atoms with E-state index in [-0.39, 0.29) is 113 Å². The normalized spacial score (nSPS) is 6.56. The zero-order valence-corrected chi connectivity index (χ0v) is 14.5. The minimum Gasteiger partial charge on any atom is -1.00 e. The molecule has 0 amide bonds. The second kappa shape index (κ2) is 14.4. The smallest absolute Gasteiger partial charge is 1.00 e. The predicted octanol–water partition coefficient (Wildman–Crippen LogP) is -14.2. The molecule has 1 N–H and O–H groups in total. The number of hydrogen-bond acceptors (Lipinski definition) is 3. The van der Waals surface area contributed by atoms with Crippen LogP contribution in [0.2, 0.25) is 0 Å². The van der Waals surface area contributed by atoms with Crippen LogP contribution in [0, 0.1) is 0 Å². The van der Waals surface area contributed by atoms with Crippen molar-refractivity contribution < 1.29 is 132 Å². The first-order valence-electron chi connectivity index (χ1n) is 0.748. The Bertz CT molecular complexity index is 61.9. The van der Waals surface area contributed by atoms with Crippen LogP contribution in [0.25, 0.3) is 0 Å². The van der Waals surface area contributed by atoms with Gasteiger partial charge in [-0.05, 0) is 0 Å².